The summed E-state index contributed by atoms with van der Waals surface area (Å²) in [5, 5.41) is 15.8. The van der Waals surface area contributed by atoms with Gasteiger partial charge in [-0.2, -0.15) is 10.4 Å². The summed E-state index contributed by atoms with van der Waals surface area (Å²) in [4.78, 5) is 11.8. The molecule has 0 aliphatic rings. The Morgan fingerprint density at radius 1 is 1.47 bits per heavy atom. The highest BCUT2D eigenvalue weighted by molar-refractivity contribution is 5.91. The van der Waals surface area contributed by atoms with Crippen LogP contribution in [-0.4, -0.2) is 15.7 Å². The predicted molar refractivity (Wildman–Crippen MR) is 71.4 cm³/mol. The second-order valence-corrected chi connectivity index (χ2v) is 4.24. The Morgan fingerprint density at radius 2 is 2.26 bits per heavy atom. The zero-order chi connectivity index (χ0) is 13.7. The summed E-state index contributed by atoms with van der Waals surface area (Å²) in [6, 6.07) is 8.99. The van der Waals surface area contributed by atoms with Gasteiger partial charge in [-0.1, -0.05) is 12.1 Å². The van der Waals surface area contributed by atoms with Gasteiger partial charge < -0.3 is 5.32 Å². The first-order valence-corrected chi connectivity index (χ1v) is 5.97. The van der Waals surface area contributed by atoms with E-state index < -0.39 is 0 Å². The number of rotatable bonds is 4. The van der Waals surface area contributed by atoms with Crippen LogP contribution in [0.5, 0.6) is 0 Å². The number of aromatic nitrogens is 2. The smallest absolute Gasteiger partial charge is 0.226 e. The average Bonchev–Trinajstić information content (AvgIpc) is 2.83. The molecule has 5 heteroatoms. The van der Waals surface area contributed by atoms with Gasteiger partial charge in [-0.15, -0.1) is 0 Å². The molecule has 1 N–H and O–H groups in total. The van der Waals surface area contributed by atoms with Crippen molar-refractivity contribution in [2.45, 2.75) is 19.9 Å². The van der Waals surface area contributed by atoms with Gasteiger partial charge in [-0.25, -0.2) is 0 Å². The van der Waals surface area contributed by atoms with Crippen LogP contribution in [0.15, 0.2) is 36.7 Å². The average molecular weight is 254 g/mol. The van der Waals surface area contributed by atoms with Gasteiger partial charge in [-0.05, 0) is 24.6 Å². The maximum Gasteiger partial charge on any atom is 0.226 e. The molecular weight excluding hydrogens is 240 g/mol. The lowest BCUT2D eigenvalue weighted by atomic mass is 10.2. The molecule has 1 aromatic heterocycles. The SMILES string of the molecule is Cc1cnn(CCC(=O)Nc2ccccc2C#N)c1. The van der Waals surface area contributed by atoms with E-state index in [0.29, 0.717) is 24.2 Å². The number of carbonyl (C=O) groups excluding carboxylic acids is 1. The van der Waals surface area contributed by atoms with Crippen molar-refractivity contribution in [2.24, 2.45) is 0 Å². The number of nitrogens with one attached hydrogen (secondary N) is 1. The van der Waals surface area contributed by atoms with Gasteiger partial charge in [0.25, 0.3) is 0 Å². The molecule has 2 rings (SSSR count). The van der Waals surface area contributed by atoms with Gasteiger partial charge in [0.2, 0.25) is 5.91 Å². The Labute approximate surface area is 111 Å². The number of aryl methyl sites for hydroxylation is 2. The molecule has 1 heterocycles. The maximum absolute atomic E-state index is 11.8. The van der Waals surface area contributed by atoms with Crippen LogP contribution < -0.4 is 5.32 Å². The Balaban J connectivity index is 1.93. The number of hydrogen-bond acceptors (Lipinski definition) is 3. The Bertz CT molecular complexity index is 624. The van der Waals surface area contributed by atoms with Gasteiger partial charge in [0.15, 0.2) is 0 Å². The molecule has 0 unspecified atom stereocenters. The van der Waals surface area contributed by atoms with Crippen molar-refractivity contribution in [2.75, 3.05) is 5.32 Å². The van der Waals surface area contributed by atoms with Crippen LogP contribution in [0.4, 0.5) is 5.69 Å². The van der Waals surface area contributed by atoms with E-state index in [1.165, 1.54) is 0 Å². The van der Waals surface area contributed by atoms with E-state index in [-0.39, 0.29) is 5.91 Å². The zero-order valence-electron chi connectivity index (χ0n) is 10.6. The Hall–Kier alpha value is -2.61. The fraction of sp³-hybridized carbons (Fsp3) is 0.214. The molecule has 2 aromatic rings. The molecule has 0 fully saturated rings. The number of amides is 1. The van der Waals surface area contributed by atoms with Crippen molar-refractivity contribution in [1.29, 1.82) is 5.26 Å². The lowest BCUT2D eigenvalue weighted by Gasteiger charge is -2.06. The van der Waals surface area contributed by atoms with Crippen LogP contribution in [0, 0.1) is 18.3 Å². The number of hydrogen-bond donors (Lipinski definition) is 1. The van der Waals surface area contributed by atoms with Crippen molar-refractivity contribution in [3.05, 3.63) is 47.8 Å². The second-order valence-electron chi connectivity index (χ2n) is 4.24. The fourth-order valence-corrected chi connectivity index (χ4v) is 1.71. The molecule has 0 atom stereocenters. The number of anilines is 1. The molecule has 19 heavy (non-hydrogen) atoms. The summed E-state index contributed by atoms with van der Waals surface area (Å²) in [6.07, 6.45) is 3.96. The molecule has 0 aliphatic carbocycles. The van der Waals surface area contributed by atoms with Crippen LogP contribution in [0.2, 0.25) is 0 Å². The van der Waals surface area contributed by atoms with E-state index in [2.05, 4.69) is 10.4 Å². The number of nitrogens with zero attached hydrogens (tertiary/aromatic N) is 3. The van der Waals surface area contributed by atoms with Crippen molar-refractivity contribution < 1.29 is 4.79 Å². The monoisotopic (exact) mass is 254 g/mol. The first-order valence-electron chi connectivity index (χ1n) is 5.97. The Kier molecular flexibility index (Phi) is 3.94. The topological polar surface area (TPSA) is 70.7 Å². The molecule has 1 aromatic carbocycles. The molecule has 0 spiro atoms. The summed E-state index contributed by atoms with van der Waals surface area (Å²) in [6.45, 7) is 2.47. The van der Waals surface area contributed by atoms with Crippen LogP contribution in [0.3, 0.4) is 0 Å². The number of para-hydroxylation sites is 1. The number of carbonyl (C=O) groups is 1. The van der Waals surface area contributed by atoms with Gasteiger partial charge in [0, 0.05) is 19.2 Å². The van der Waals surface area contributed by atoms with Gasteiger partial charge in [-0.3, -0.25) is 9.48 Å². The summed E-state index contributed by atoms with van der Waals surface area (Å²) < 4.78 is 1.73. The quantitative estimate of drug-likeness (QED) is 0.908. The minimum Gasteiger partial charge on any atom is -0.325 e. The van der Waals surface area contributed by atoms with Gasteiger partial charge in [0.05, 0.1) is 17.4 Å². The van der Waals surface area contributed by atoms with E-state index in [0.717, 1.165) is 5.56 Å². The minimum atomic E-state index is -0.129. The highest BCUT2D eigenvalue weighted by atomic mass is 16.1. The van der Waals surface area contributed by atoms with Crippen LogP contribution in [-0.2, 0) is 11.3 Å². The predicted octanol–water partition coefficient (Wildman–Crippen LogP) is 2.09. The summed E-state index contributed by atoms with van der Waals surface area (Å²) in [5.74, 6) is -0.129. The fourth-order valence-electron chi connectivity index (χ4n) is 1.71. The van der Waals surface area contributed by atoms with Crippen molar-refractivity contribution in [3.8, 4) is 6.07 Å². The first-order chi connectivity index (χ1) is 9.19. The third-order valence-electron chi connectivity index (χ3n) is 2.65. The first kappa shape index (κ1) is 12.8. The van der Waals surface area contributed by atoms with E-state index in [4.69, 9.17) is 5.26 Å². The molecule has 5 nitrogen and oxygen atoms in total. The van der Waals surface area contributed by atoms with E-state index >= 15 is 0 Å². The van der Waals surface area contributed by atoms with Gasteiger partial charge >= 0.3 is 0 Å². The molecule has 0 saturated carbocycles. The van der Waals surface area contributed by atoms with Crippen LogP contribution in [0.1, 0.15) is 17.5 Å². The third kappa shape index (κ3) is 3.42. The summed E-state index contributed by atoms with van der Waals surface area (Å²) in [7, 11) is 0. The highest BCUT2D eigenvalue weighted by Gasteiger charge is 2.06. The van der Waals surface area contributed by atoms with Crippen LogP contribution >= 0.6 is 0 Å². The normalized spacial score (nSPS) is 9.89. The lowest BCUT2D eigenvalue weighted by molar-refractivity contribution is -0.116. The Morgan fingerprint density at radius 3 is 2.95 bits per heavy atom. The van der Waals surface area contributed by atoms with Gasteiger partial charge in [0.1, 0.15) is 6.07 Å². The minimum absolute atomic E-state index is 0.129. The third-order valence-corrected chi connectivity index (χ3v) is 2.65. The van der Waals surface area contributed by atoms with Crippen LogP contribution in [0.25, 0.3) is 0 Å². The van der Waals surface area contributed by atoms with E-state index in [1.54, 1.807) is 35.1 Å². The molecule has 1 amide bonds. The highest BCUT2D eigenvalue weighted by Crippen LogP contribution is 2.13. The molecule has 0 saturated heterocycles. The molecular formula is C14H14N4O. The molecule has 0 aliphatic heterocycles. The molecule has 0 bridgehead atoms. The summed E-state index contributed by atoms with van der Waals surface area (Å²) >= 11 is 0. The standard InChI is InChI=1S/C14H14N4O/c1-11-9-16-18(10-11)7-6-14(19)17-13-5-3-2-4-12(13)8-15/h2-5,9-10H,6-7H2,1H3,(H,17,19). The lowest BCUT2D eigenvalue weighted by Crippen LogP contribution is -2.15. The number of benzene rings is 1. The van der Waals surface area contributed by atoms with Crippen molar-refractivity contribution in [3.63, 3.8) is 0 Å². The van der Waals surface area contributed by atoms with E-state index in [1.807, 2.05) is 19.2 Å². The van der Waals surface area contributed by atoms with Crippen molar-refractivity contribution >= 4 is 11.6 Å². The maximum atomic E-state index is 11.8. The molecule has 0 radical (unpaired) electrons. The zero-order valence-corrected chi connectivity index (χ0v) is 10.6. The van der Waals surface area contributed by atoms with Crippen molar-refractivity contribution in [1.82, 2.24) is 9.78 Å². The summed E-state index contributed by atoms with van der Waals surface area (Å²) in [5.41, 5.74) is 2.08. The molecule has 96 valence electrons. The largest absolute Gasteiger partial charge is 0.325 e. The number of nitriles is 1. The second kappa shape index (κ2) is 5.83. The van der Waals surface area contributed by atoms with E-state index in [9.17, 15) is 4.79 Å².